The predicted molar refractivity (Wildman–Crippen MR) is 308 cm³/mol. The maximum atomic E-state index is 13.3. The fourth-order valence-corrected chi connectivity index (χ4v) is 22.0. The van der Waals surface area contributed by atoms with Gasteiger partial charge in [0, 0.05) is 22.1 Å². The second-order valence-corrected chi connectivity index (χ2v) is 37.9. The summed E-state index contributed by atoms with van der Waals surface area (Å²) in [6.07, 6.45) is -3.24. The lowest BCUT2D eigenvalue weighted by atomic mass is 10.1. The minimum Gasteiger partial charge on any atom is -0.311 e. The van der Waals surface area contributed by atoms with E-state index in [0.717, 1.165) is 36.2 Å². The number of para-hydroxylation sites is 2. The van der Waals surface area contributed by atoms with Gasteiger partial charge in [-0.1, -0.05) is 224 Å². The maximum absolute atomic E-state index is 13.3. The van der Waals surface area contributed by atoms with Crippen molar-refractivity contribution in [3.05, 3.63) is 172 Å². The summed E-state index contributed by atoms with van der Waals surface area (Å²) in [4.78, 5) is 2.47. The van der Waals surface area contributed by atoms with Crippen LogP contribution in [0.15, 0.2) is 133 Å². The molecule has 0 N–H and O–H groups in total. The Morgan fingerprint density at radius 3 is 1.42 bits per heavy atom. The number of aryl methyl sites for hydroxylation is 4. The minimum atomic E-state index is -4.33. The third-order valence-corrected chi connectivity index (χ3v) is 29.7. The van der Waals surface area contributed by atoms with Crippen LogP contribution in [0.1, 0.15) is 76.3 Å². The smallest absolute Gasteiger partial charge is 0.311 e. The Balaban J connectivity index is 0.000000265. The fraction of sp³-hybridized carbons (Fsp3) is 0.390. The molecule has 0 fully saturated rings. The summed E-state index contributed by atoms with van der Waals surface area (Å²) in [5, 5.41) is 5.30. The van der Waals surface area contributed by atoms with Crippen LogP contribution in [0.25, 0.3) is 0 Å². The Kier molecular flexibility index (Phi) is 23.2. The van der Waals surface area contributed by atoms with Crippen LogP contribution in [0.5, 0.6) is 0 Å². The van der Waals surface area contributed by atoms with Gasteiger partial charge in [0.25, 0.3) is 0 Å². The average Bonchev–Trinajstić information content (AvgIpc) is 3.32. The van der Waals surface area contributed by atoms with E-state index < -0.39 is 44.8 Å². The molecule has 6 aromatic rings. The second kappa shape index (κ2) is 27.0. The number of hydrogen-bond acceptors (Lipinski definition) is 1. The molecule has 0 aliphatic carbocycles. The number of hydrogen-bond donors (Lipinski definition) is 0. The van der Waals surface area contributed by atoms with Gasteiger partial charge in [0.15, 0.2) is 0 Å². The van der Waals surface area contributed by atoms with E-state index in [1.165, 1.54) is 51.5 Å². The maximum Gasteiger partial charge on any atom is 0.416 e. The van der Waals surface area contributed by atoms with Crippen LogP contribution in [0.2, 0.25) is 74.0 Å². The van der Waals surface area contributed by atoms with Gasteiger partial charge in [-0.15, -0.1) is 0 Å². The predicted octanol–water partition coefficient (Wildman–Crippen LogP) is 17.5. The standard InChI is InChI=1S/C26H33NSi.C14H20ClF3Si.C10H16Si.C9H12FSi/c1-5-22-16-15-21-25(26(22)28(6-2,7-3)8-4)27(23-17-11-9-12-18-23)24-19-13-10-14-20-24;1-5-19(6-2,7-3)13-10(4)8-11(15)9-12(13)14(16,17)18;1-9-7-5-6-8-10(9)11(2,3)4;1-7-6-8(10)4-5-9(7)11(2)3/h9-21H,5-8H2,1-4H3;8-9H,5-7H2,1-4H3;5-8H,1-4H3;4-6H,1-3H3. The molecule has 0 unspecified atom stereocenters. The van der Waals surface area contributed by atoms with Crippen molar-refractivity contribution in [1.82, 2.24) is 0 Å². The van der Waals surface area contributed by atoms with Crippen molar-refractivity contribution in [2.24, 2.45) is 0 Å². The third kappa shape index (κ3) is 15.5. The summed E-state index contributed by atoms with van der Waals surface area (Å²) < 4.78 is 52.6. The highest BCUT2D eigenvalue weighted by Crippen LogP contribution is 2.38. The van der Waals surface area contributed by atoms with E-state index in [2.05, 4.69) is 175 Å². The zero-order valence-corrected chi connectivity index (χ0v) is 49.2. The van der Waals surface area contributed by atoms with E-state index in [0.29, 0.717) is 10.8 Å². The molecule has 6 aromatic carbocycles. The number of halogens is 5. The summed E-state index contributed by atoms with van der Waals surface area (Å²) >= 11 is 5.82. The molecule has 0 aliphatic heterocycles. The van der Waals surface area contributed by atoms with Crippen molar-refractivity contribution in [3.8, 4) is 0 Å². The molecule has 0 amide bonds. The van der Waals surface area contributed by atoms with Gasteiger partial charge < -0.3 is 4.90 Å². The monoisotopic (exact) mass is 1030 g/mol. The Hall–Kier alpha value is -4.00. The third-order valence-electron chi connectivity index (χ3n) is 14.2. The molecule has 373 valence electrons. The van der Waals surface area contributed by atoms with Gasteiger partial charge in [0.05, 0.1) is 38.6 Å². The van der Waals surface area contributed by atoms with Crippen molar-refractivity contribution in [3.63, 3.8) is 0 Å². The lowest BCUT2D eigenvalue weighted by Crippen LogP contribution is -2.50. The molecule has 0 atom stereocenters. The zero-order valence-electron chi connectivity index (χ0n) is 44.5. The molecule has 69 heavy (non-hydrogen) atoms. The first-order chi connectivity index (χ1) is 32.5. The second-order valence-electron chi connectivity index (χ2n) is 19.5. The number of benzene rings is 6. The van der Waals surface area contributed by atoms with Crippen LogP contribution in [0, 0.1) is 26.6 Å². The topological polar surface area (TPSA) is 3.24 Å². The Morgan fingerprint density at radius 2 is 1.01 bits per heavy atom. The van der Waals surface area contributed by atoms with E-state index in [9.17, 15) is 17.6 Å². The minimum absolute atomic E-state index is 0.130. The van der Waals surface area contributed by atoms with Gasteiger partial charge in [0.2, 0.25) is 0 Å². The molecule has 0 spiro atoms. The van der Waals surface area contributed by atoms with Gasteiger partial charge >= 0.3 is 6.18 Å². The lowest BCUT2D eigenvalue weighted by molar-refractivity contribution is -0.136. The van der Waals surface area contributed by atoms with E-state index in [4.69, 9.17) is 11.6 Å². The Bertz CT molecular complexity index is 2420. The van der Waals surface area contributed by atoms with Gasteiger partial charge in [-0.25, -0.2) is 4.39 Å². The molecule has 0 aliphatic rings. The normalized spacial score (nSPS) is 11.7. The zero-order chi connectivity index (χ0) is 51.7. The van der Waals surface area contributed by atoms with Crippen molar-refractivity contribution >= 4 is 82.4 Å². The average molecular weight is 1030 g/mol. The van der Waals surface area contributed by atoms with Gasteiger partial charge in [-0.2, -0.15) is 13.2 Å². The molecule has 0 saturated carbocycles. The summed E-state index contributed by atoms with van der Waals surface area (Å²) in [5.74, 6) is -0.130. The fourth-order valence-electron chi connectivity index (χ4n) is 10.1. The summed E-state index contributed by atoms with van der Waals surface area (Å²) in [5.41, 5.74) is 8.09. The van der Waals surface area contributed by atoms with Crippen molar-refractivity contribution in [1.29, 1.82) is 0 Å². The van der Waals surface area contributed by atoms with Gasteiger partial charge in [-0.3, -0.25) is 0 Å². The number of rotatable bonds is 14. The first-order valence-electron chi connectivity index (χ1n) is 25.1. The Labute approximate surface area is 425 Å². The molecule has 6 rings (SSSR count). The van der Waals surface area contributed by atoms with Gasteiger partial charge in [0.1, 0.15) is 5.82 Å². The largest absolute Gasteiger partial charge is 0.416 e. The van der Waals surface area contributed by atoms with Crippen LogP contribution in [0.4, 0.5) is 34.6 Å². The van der Waals surface area contributed by atoms with Crippen LogP contribution in [0.3, 0.4) is 0 Å². The summed E-state index contributed by atoms with van der Waals surface area (Å²) in [6, 6.07) is 51.5. The van der Waals surface area contributed by atoms with Crippen LogP contribution in [-0.2, 0) is 12.6 Å². The number of alkyl halides is 3. The van der Waals surface area contributed by atoms with Gasteiger partial charge in [-0.05, 0) is 109 Å². The van der Waals surface area contributed by atoms with E-state index >= 15 is 0 Å². The van der Waals surface area contributed by atoms with Crippen LogP contribution in [-0.4, -0.2) is 33.0 Å². The van der Waals surface area contributed by atoms with E-state index in [-0.39, 0.29) is 10.8 Å². The highest BCUT2D eigenvalue weighted by Gasteiger charge is 2.42. The van der Waals surface area contributed by atoms with Crippen LogP contribution >= 0.6 is 11.6 Å². The highest BCUT2D eigenvalue weighted by molar-refractivity contribution is 6.93. The first kappa shape index (κ1) is 59.3. The van der Waals surface area contributed by atoms with Crippen molar-refractivity contribution in [2.45, 2.75) is 151 Å². The summed E-state index contributed by atoms with van der Waals surface area (Å²) in [6.45, 7) is 33.0. The molecule has 1 nitrogen and oxygen atoms in total. The van der Waals surface area contributed by atoms with Crippen molar-refractivity contribution < 1.29 is 17.6 Å². The molecular weight excluding hydrogens is 946 g/mol. The number of anilines is 3. The van der Waals surface area contributed by atoms with Crippen LogP contribution < -0.4 is 25.6 Å². The summed E-state index contributed by atoms with van der Waals surface area (Å²) in [7, 11) is -5.17. The lowest BCUT2D eigenvalue weighted by Gasteiger charge is -2.37. The molecule has 0 saturated heterocycles. The van der Waals surface area contributed by atoms with E-state index in [1.807, 2.05) is 33.8 Å². The molecule has 0 aromatic heterocycles. The Morgan fingerprint density at radius 1 is 0.536 bits per heavy atom. The molecule has 0 bridgehead atoms. The van der Waals surface area contributed by atoms with Crippen molar-refractivity contribution in [2.75, 3.05) is 4.90 Å². The van der Waals surface area contributed by atoms with E-state index in [1.54, 1.807) is 35.5 Å². The SMILES string of the molecule is CC[Si](CC)(CC)c1c(C)cc(Cl)cc1C(F)(F)F.CCc1cccc(N(c2ccccc2)c2ccccc2)c1[Si](CC)(CC)CC.Cc1cc(F)ccc1[Si](C)C.Cc1ccccc1[Si](C)(C)C. The number of nitrogens with zero attached hydrogens (tertiary/aromatic N) is 1. The first-order valence-corrected chi connectivity index (χ1v) is 36.7. The molecule has 0 heterocycles. The highest BCUT2D eigenvalue weighted by atomic mass is 35.5. The molecular formula is C59H81ClF4NSi4. The molecule has 1 radical (unpaired) electrons. The molecule has 10 heteroatoms. The quantitative estimate of drug-likeness (QED) is 0.0776.